The Kier molecular flexibility index (Phi) is 5.63. The van der Waals surface area contributed by atoms with Crippen molar-refractivity contribution in [2.45, 2.75) is 52.2 Å². The SMILES string of the molecule is CC(C)N(CCn1c(CCl)nc2cc(Br)cnc21)C(C)C. The Morgan fingerprint density at radius 3 is 2.52 bits per heavy atom. The number of pyridine rings is 1. The van der Waals surface area contributed by atoms with E-state index in [0.29, 0.717) is 18.0 Å². The van der Waals surface area contributed by atoms with Gasteiger partial charge in [-0.2, -0.15) is 0 Å². The third kappa shape index (κ3) is 3.76. The first-order valence-corrected chi connectivity index (χ1v) is 8.59. The van der Waals surface area contributed by atoms with Crippen molar-refractivity contribution in [2.24, 2.45) is 0 Å². The van der Waals surface area contributed by atoms with Gasteiger partial charge in [-0.25, -0.2) is 9.97 Å². The van der Waals surface area contributed by atoms with Crippen molar-refractivity contribution >= 4 is 38.7 Å². The van der Waals surface area contributed by atoms with Crippen molar-refractivity contribution in [1.82, 2.24) is 19.4 Å². The molecule has 0 saturated heterocycles. The second kappa shape index (κ2) is 7.07. The molecule has 116 valence electrons. The van der Waals surface area contributed by atoms with Gasteiger partial charge < -0.3 is 4.57 Å². The molecule has 0 spiro atoms. The molecular weight excluding hydrogens is 352 g/mol. The Morgan fingerprint density at radius 2 is 1.95 bits per heavy atom. The predicted octanol–water partition coefficient (Wildman–Crippen LogP) is 4.05. The molecule has 2 aromatic rings. The second-order valence-corrected chi connectivity index (χ2v) is 6.92. The molecule has 0 amide bonds. The Labute approximate surface area is 139 Å². The van der Waals surface area contributed by atoms with Crippen LogP contribution < -0.4 is 0 Å². The monoisotopic (exact) mass is 372 g/mol. The van der Waals surface area contributed by atoms with E-state index in [0.717, 1.165) is 34.6 Å². The highest BCUT2D eigenvalue weighted by Crippen LogP contribution is 2.20. The van der Waals surface area contributed by atoms with Crippen LogP contribution in [0, 0.1) is 0 Å². The third-order valence-electron chi connectivity index (χ3n) is 3.66. The summed E-state index contributed by atoms with van der Waals surface area (Å²) in [5, 5.41) is 0. The van der Waals surface area contributed by atoms with Crippen LogP contribution in [0.5, 0.6) is 0 Å². The van der Waals surface area contributed by atoms with Crippen LogP contribution in [0.4, 0.5) is 0 Å². The van der Waals surface area contributed by atoms with Gasteiger partial charge in [0, 0.05) is 35.8 Å². The number of hydrogen-bond acceptors (Lipinski definition) is 3. The normalized spacial score (nSPS) is 12.2. The van der Waals surface area contributed by atoms with Gasteiger partial charge >= 0.3 is 0 Å². The number of nitrogens with zero attached hydrogens (tertiary/aromatic N) is 4. The molecule has 0 saturated carbocycles. The fourth-order valence-electron chi connectivity index (χ4n) is 2.70. The molecule has 0 unspecified atom stereocenters. The number of rotatable bonds is 6. The molecule has 0 fully saturated rings. The molecule has 6 heteroatoms. The lowest BCUT2D eigenvalue weighted by molar-refractivity contribution is 0.168. The highest BCUT2D eigenvalue weighted by atomic mass is 79.9. The maximum Gasteiger partial charge on any atom is 0.160 e. The van der Waals surface area contributed by atoms with Crippen LogP contribution in [-0.2, 0) is 12.4 Å². The first kappa shape index (κ1) is 16.7. The van der Waals surface area contributed by atoms with Crippen molar-refractivity contribution in [2.75, 3.05) is 6.54 Å². The molecule has 21 heavy (non-hydrogen) atoms. The predicted molar refractivity (Wildman–Crippen MR) is 91.8 cm³/mol. The van der Waals surface area contributed by atoms with Gasteiger partial charge in [-0.1, -0.05) is 0 Å². The van der Waals surface area contributed by atoms with Gasteiger partial charge in [0.1, 0.15) is 11.3 Å². The maximum absolute atomic E-state index is 6.05. The van der Waals surface area contributed by atoms with Crippen molar-refractivity contribution in [3.63, 3.8) is 0 Å². The Hall–Kier alpha value is -0.650. The minimum Gasteiger partial charge on any atom is -0.310 e. The van der Waals surface area contributed by atoms with Crippen LogP contribution in [0.15, 0.2) is 16.7 Å². The minimum absolute atomic E-state index is 0.400. The maximum atomic E-state index is 6.05. The number of fused-ring (bicyclic) bond motifs is 1. The lowest BCUT2D eigenvalue weighted by Gasteiger charge is -2.30. The average Bonchev–Trinajstić information content (AvgIpc) is 2.75. The van der Waals surface area contributed by atoms with Gasteiger partial charge in [-0.3, -0.25) is 4.90 Å². The minimum atomic E-state index is 0.400. The largest absolute Gasteiger partial charge is 0.310 e. The summed E-state index contributed by atoms with van der Waals surface area (Å²) in [6.45, 7) is 10.7. The Bertz CT molecular complexity index is 601. The topological polar surface area (TPSA) is 34.0 Å². The molecule has 2 rings (SSSR count). The van der Waals surface area contributed by atoms with Gasteiger partial charge in [0.05, 0.1) is 5.88 Å². The molecule has 4 nitrogen and oxygen atoms in total. The van der Waals surface area contributed by atoms with Crippen molar-refractivity contribution in [3.05, 3.63) is 22.6 Å². The molecule has 0 atom stereocenters. The quantitative estimate of drug-likeness (QED) is 0.716. The van der Waals surface area contributed by atoms with E-state index in [1.165, 1.54) is 0 Å². The zero-order valence-corrected chi connectivity index (χ0v) is 15.3. The van der Waals surface area contributed by atoms with Crippen LogP contribution in [0.1, 0.15) is 33.5 Å². The molecular formula is C15H22BrClN4. The van der Waals surface area contributed by atoms with E-state index in [9.17, 15) is 0 Å². The number of imidazole rings is 1. The highest BCUT2D eigenvalue weighted by Gasteiger charge is 2.16. The molecule has 0 radical (unpaired) electrons. The number of aromatic nitrogens is 3. The van der Waals surface area contributed by atoms with Crippen LogP contribution in [0.25, 0.3) is 11.2 Å². The summed E-state index contributed by atoms with van der Waals surface area (Å²) in [5.41, 5.74) is 1.79. The van der Waals surface area contributed by atoms with Crippen LogP contribution in [-0.4, -0.2) is 38.1 Å². The molecule has 2 heterocycles. The number of hydrogen-bond donors (Lipinski definition) is 0. The standard InChI is InChI=1S/C15H22BrClN4/c1-10(2)20(11(3)4)5-6-21-14(8-17)19-13-7-12(16)9-18-15(13)21/h7,9-11H,5-6,8H2,1-4H3. The van der Waals surface area contributed by atoms with E-state index in [4.69, 9.17) is 11.6 Å². The summed E-state index contributed by atoms with van der Waals surface area (Å²) in [4.78, 5) is 11.5. The van der Waals surface area contributed by atoms with E-state index < -0.39 is 0 Å². The average molecular weight is 374 g/mol. The molecule has 0 aliphatic rings. The highest BCUT2D eigenvalue weighted by molar-refractivity contribution is 9.10. The summed E-state index contributed by atoms with van der Waals surface area (Å²) in [6, 6.07) is 3.01. The smallest absolute Gasteiger partial charge is 0.160 e. The van der Waals surface area contributed by atoms with Crippen molar-refractivity contribution < 1.29 is 0 Å². The van der Waals surface area contributed by atoms with Gasteiger partial charge in [-0.05, 0) is 49.7 Å². The van der Waals surface area contributed by atoms with E-state index in [1.54, 1.807) is 6.20 Å². The van der Waals surface area contributed by atoms with E-state index in [-0.39, 0.29) is 0 Å². The fraction of sp³-hybridized carbons (Fsp3) is 0.600. The Morgan fingerprint density at radius 1 is 1.29 bits per heavy atom. The summed E-state index contributed by atoms with van der Waals surface area (Å²) < 4.78 is 3.07. The van der Waals surface area contributed by atoms with Gasteiger partial charge in [0.2, 0.25) is 0 Å². The summed E-state index contributed by atoms with van der Waals surface area (Å²) in [7, 11) is 0. The molecule has 0 bridgehead atoms. The Balaban J connectivity index is 2.28. The van der Waals surface area contributed by atoms with Crippen molar-refractivity contribution in [1.29, 1.82) is 0 Å². The lowest BCUT2D eigenvalue weighted by Crippen LogP contribution is -2.39. The van der Waals surface area contributed by atoms with Gasteiger partial charge in [0.25, 0.3) is 0 Å². The zero-order valence-electron chi connectivity index (χ0n) is 13.0. The number of halogens is 2. The molecule has 0 aromatic carbocycles. The molecule has 0 aliphatic heterocycles. The van der Waals surface area contributed by atoms with Crippen LogP contribution >= 0.6 is 27.5 Å². The van der Waals surface area contributed by atoms with E-state index in [2.05, 4.69) is 63.1 Å². The molecule has 0 aliphatic carbocycles. The van der Waals surface area contributed by atoms with E-state index in [1.807, 2.05) is 6.07 Å². The summed E-state index contributed by atoms with van der Waals surface area (Å²) in [6.07, 6.45) is 1.81. The van der Waals surface area contributed by atoms with Gasteiger partial charge in [-0.15, -0.1) is 11.6 Å². The first-order chi connectivity index (χ1) is 9.93. The third-order valence-corrected chi connectivity index (χ3v) is 4.33. The lowest BCUT2D eigenvalue weighted by atomic mass is 10.2. The molecule has 2 aromatic heterocycles. The molecule has 0 N–H and O–H groups in total. The van der Waals surface area contributed by atoms with E-state index >= 15 is 0 Å². The second-order valence-electron chi connectivity index (χ2n) is 5.73. The van der Waals surface area contributed by atoms with Crippen LogP contribution in [0.3, 0.4) is 0 Å². The summed E-state index contributed by atoms with van der Waals surface area (Å²) >= 11 is 9.48. The zero-order chi connectivity index (χ0) is 15.6. The first-order valence-electron chi connectivity index (χ1n) is 7.26. The summed E-state index contributed by atoms with van der Waals surface area (Å²) in [5.74, 6) is 1.28. The van der Waals surface area contributed by atoms with Crippen molar-refractivity contribution in [3.8, 4) is 0 Å². The van der Waals surface area contributed by atoms with Crippen LogP contribution in [0.2, 0.25) is 0 Å². The number of alkyl halides is 1. The fourth-order valence-corrected chi connectivity index (χ4v) is 3.22. The van der Waals surface area contributed by atoms with Gasteiger partial charge in [0.15, 0.2) is 5.65 Å².